The number of rotatable bonds is 5. The largest absolute Gasteiger partial charge is 0.493 e. The van der Waals surface area contributed by atoms with E-state index in [2.05, 4.69) is 11.9 Å². The Morgan fingerprint density at radius 3 is 2.79 bits per heavy atom. The summed E-state index contributed by atoms with van der Waals surface area (Å²) in [7, 11) is 1.58. The summed E-state index contributed by atoms with van der Waals surface area (Å²) in [5, 5.41) is 0.466. The molecule has 100 valence electrons. The Balaban J connectivity index is 2.29. The zero-order valence-electron chi connectivity index (χ0n) is 10.5. The molecule has 0 aliphatic rings. The molecule has 0 atom stereocenters. The molecule has 0 N–H and O–H groups in total. The molecule has 4 nitrogen and oxygen atoms in total. The van der Waals surface area contributed by atoms with Crippen LogP contribution < -0.4 is 9.47 Å². The van der Waals surface area contributed by atoms with E-state index in [1.807, 2.05) is 18.2 Å². The van der Waals surface area contributed by atoms with Gasteiger partial charge in [-0.3, -0.25) is 4.79 Å². The van der Waals surface area contributed by atoms with Gasteiger partial charge >= 0.3 is 0 Å². The second-order valence-corrected chi connectivity index (χ2v) is 5.04. The molecule has 0 aliphatic heterocycles. The quantitative estimate of drug-likeness (QED) is 0.783. The molecule has 2 rings (SSSR count). The topological polar surface area (TPSA) is 48.4 Å². The number of aryl methyl sites for hydroxylation is 1. The maximum Gasteiger partial charge on any atom is 0.281 e. The number of carbonyl (C=O) groups is 1. The number of aromatic nitrogens is 1. The highest BCUT2D eigenvalue weighted by Gasteiger charge is 2.13. The summed E-state index contributed by atoms with van der Waals surface area (Å²) < 4.78 is 10.9. The van der Waals surface area contributed by atoms with Crippen molar-refractivity contribution in [1.29, 1.82) is 0 Å². The van der Waals surface area contributed by atoms with Gasteiger partial charge in [0.15, 0.2) is 22.9 Å². The maximum atomic E-state index is 10.7. The molecule has 0 fully saturated rings. The van der Waals surface area contributed by atoms with E-state index in [0.29, 0.717) is 27.9 Å². The minimum atomic E-state index is 0.152. The molecule has 6 heteroatoms. The molecular formula is C13H12ClNO3S. The first kappa shape index (κ1) is 13.8. The SMILES string of the molecule is CCc1ccc(Oc2nc(Cl)c(C=O)s2)c(OC)c1. The Kier molecular flexibility index (Phi) is 4.39. The van der Waals surface area contributed by atoms with Gasteiger partial charge in [0, 0.05) is 0 Å². The minimum Gasteiger partial charge on any atom is -0.493 e. The predicted molar refractivity (Wildman–Crippen MR) is 75.0 cm³/mol. The summed E-state index contributed by atoms with van der Waals surface area (Å²) in [6.45, 7) is 2.06. The van der Waals surface area contributed by atoms with Gasteiger partial charge in [0.1, 0.15) is 4.88 Å². The number of ether oxygens (including phenoxy) is 2. The Morgan fingerprint density at radius 2 is 2.21 bits per heavy atom. The molecule has 19 heavy (non-hydrogen) atoms. The van der Waals surface area contributed by atoms with Crippen LogP contribution in [0.5, 0.6) is 16.7 Å². The fourth-order valence-corrected chi connectivity index (χ4v) is 2.44. The zero-order chi connectivity index (χ0) is 13.8. The van der Waals surface area contributed by atoms with Crippen LogP contribution in [0.3, 0.4) is 0 Å². The smallest absolute Gasteiger partial charge is 0.281 e. The number of hydrogen-bond donors (Lipinski definition) is 0. The summed E-state index contributed by atoms with van der Waals surface area (Å²) in [4.78, 5) is 15.0. The molecule has 0 unspecified atom stereocenters. The van der Waals surface area contributed by atoms with Crippen molar-refractivity contribution in [2.75, 3.05) is 7.11 Å². The molecular weight excluding hydrogens is 286 g/mol. The highest BCUT2D eigenvalue weighted by atomic mass is 35.5. The van der Waals surface area contributed by atoms with Crippen LogP contribution in [0.2, 0.25) is 5.15 Å². The van der Waals surface area contributed by atoms with E-state index in [0.717, 1.165) is 23.3 Å². The first-order chi connectivity index (χ1) is 9.17. The molecule has 2 aromatic rings. The fraction of sp³-hybridized carbons (Fsp3) is 0.231. The van der Waals surface area contributed by atoms with Gasteiger partial charge in [-0.15, -0.1) is 0 Å². The van der Waals surface area contributed by atoms with Crippen LogP contribution in [0.25, 0.3) is 0 Å². The van der Waals surface area contributed by atoms with Crippen LogP contribution in [-0.4, -0.2) is 18.4 Å². The Bertz CT molecular complexity index is 598. The summed E-state index contributed by atoms with van der Waals surface area (Å²) in [5.74, 6) is 1.17. The van der Waals surface area contributed by atoms with Crippen molar-refractivity contribution >= 4 is 29.2 Å². The number of aldehydes is 1. The molecule has 0 bridgehead atoms. The van der Waals surface area contributed by atoms with Crippen LogP contribution in [0, 0.1) is 0 Å². The number of hydrogen-bond acceptors (Lipinski definition) is 5. The van der Waals surface area contributed by atoms with Gasteiger partial charge in [0.2, 0.25) is 0 Å². The van der Waals surface area contributed by atoms with Crippen LogP contribution in [-0.2, 0) is 6.42 Å². The number of thiazole rings is 1. The van der Waals surface area contributed by atoms with Gasteiger partial charge in [-0.1, -0.05) is 35.9 Å². The third-order valence-electron chi connectivity index (χ3n) is 2.53. The average Bonchev–Trinajstić information content (AvgIpc) is 2.79. The molecule has 0 spiro atoms. The van der Waals surface area contributed by atoms with Gasteiger partial charge in [-0.2, -0.15) is 4.98 Å². The average molecular weight is 298 g/mol. The molecule has 1 heterocycles. The number of methoxy groups -OCH3 is 1. The lowest BCUT2D eigenvalue weighted by molar-refractivity contribution is 0.112. The van der Waals surface area contributed by atoms with Gasteiger partial charge in [-0.25, -0.2) is 0 Å². The second-order valence-electron chi connectivity index (χ2n) is 3.69. The lowest BCUT2D eigenvalue weighted by Gasteiger charge is -2.09. The number of nitrogens with zero attached hydrogens (tertiary/aromatic N) is 1. The Hall–Kier alpha value is -1.59. The van der Waals surface area contributed by atoms with E-state index in [1.54, 1.807) is 7.11 Å². The molecule has 0 saturated carbocycles. The third-order valence-corrected chi connectivity index (χ3v) is 3.79. The summed E-state index contributed by atoms with van der Waals surface area (Å²) >= 11 is 6.88. The lowest BCUT2D eigenvalue weighted by atomic mass is 10.1. The zero-order valence-corrected chi connectivity index (χ0v) is 12.0. The number of benzene rings is 1. The molecule has 0 saturated heterocycles. The number of halogens is 1. The third kappa shape index (κ3) is 3.05. The highest BCUT2D eigenvalue weighted by molar-refractivity contribution is 7.15. The van der Waals surface area contributed by atoms with E-state index >= 15 is 0 Å². The Morgan fingerprint density at radius 1 is 1.42 bits per heavy atom. The standard InChI is InChI=1S/C13H12ClNO3S/c1-3-8-4-5-9(10(6-8)17-2)18-13-15-12(14)11(7-16)19-13/h4-7H,3H2,1-2H3. The van der Waals surface area contributed by atoms with E-state index in [-0.39, 0.29) is 5.15 Å². The van der Waals surface area contributed by atoms with Crippen molar-refractivity contribution in [3.05, 3.63) is 33.8 Å². The van der Waals surface area contributed by atoms with Gasteiger partial charge in [0.05, 0.1) is 7.11 Å². The van der Waals surface area contributed by atoms with Crippen molar-refractivity contribution in [2.45, 2.75) is 13.3 Å². The lowest BCUT2D eigenvalue weighted by Crippen LogP contribution is -1.91. The van der Waals surface area contributed by atoms with Gasteiger partial charge in [0.25, 0.3) is 5.19 Å². The molecule has 1 aromatic carbocycles. The van der Waals surface area contributed by atoms with E-state index in [1.165, 1.54) is 0 Å². The fourth-order valence-electron chi connectivity index (χ4n) is 1.52. The van der Waals surface area contributed by atoms with E-state index < -0.39 is 0 Å². The monoisotopic (exact) mass is 297 g/mol. The number of carbonyl (C=O) groups excluding carboxylic acids is 1. The summed E-state index contributed by atoms with van der Waals surface area (Å²) in [6, 6.07) is 5.67. The van der Waals surface area contributed by atoms with Crippen molar-refractivity contribution in [3.63, 3.8) is 0 Å². The second kappa shape index (κ2) is 6.04. The van der Waals surface area contributed by atoms with Crippen molar-refractivity contribution in [3.8, 4) is 16.7 Å². The van der Waals surface area contributed by atoms with Crippen LogP contribution in [0.15, 0.2) is 18.2 Å². The van der Waals surface area contributed by atoms with Gasteiger partial charge in [-0.05, 0) is 24.1 Å². The molecule has 1 aromatic heterocycles. The first-order valence-electron chi connectivity index (χ1n) is 5.64. The minimum absolute atomic E-state index is 0.152. The van der Waals surface area contributed by atoms with Crippen molar-refractivity contribution in [1.82, 2.24) is 4.98 Å². The van der Waals surface area contributed by atoms with Crippen LogP contribution in [0.1, 0.15) is 22.2 Å². The van der Waals surface area contributed by atoms with Crippen LogP contribution >= 0.6 is 22.9 Å². The van der Waals surface area contributed by atoms with Gasteiger partial charge < -0.3 is 9.47 Å². The van der Waals surface area contributed by atoms with E-state index in [4.69, 9.17) is 21.1 Å². The highest BCUT2D eigenvalue weighted by Crippen LogP contribution is 2.36. The molecule has 0 radical (unpaired) electrons. The first-order valence-corrected chi connectivity index (χ1v) is 6.83. The van der Waals surface area contributed by atoms with E-state index in [9.17, 15) is 4.79 Å². The summed E-state index contributed by atoms with van der Waals surface area (Å²) in [5.41, 5.74) is 1.15. The maximum absolute atomic E-state index is 10.7. The van der Waals surface area contributed by atoms with Crippen molar-refractivity contribution < 1.29 is 14.3 Å². The predicted octanol–water partition coefficient (Wildman–Crippen LogP) is 3.97. The normalized spacial score (nSPS) is 10.3. The molecule has 0 aliphatic carbocycles. The summed E-state index contributed by atoms with van der Waals surface area (Å²) in [6.07, 6.45) is 1.57. The van der Waals surface area contributed by atoms with Crippen molar-refractivity contribution in [2.24, 2.45) is 0 Å². The Labute approximate surface area is 120 Å². The van der Waals surface area contributed by atoms with Crippen LogP contribution in [0.4, 0.5) is 0 Å². The molecule has 0 amide bonds.